The summed E-state index contributed by atoms with van der Waals surface area (Å²) < 4.78 is 4.98. The molecule has 0 saturated heterocycles. The van der Waals surface area contributed by atoms with E-state index in [2.05, 4.69) is 15.5 Å². The van der Waals surface area contributed by atoms with E-state index in [1.807, 2.05) is 43.3 Å². The van der Waals surface area contributed by atoms with Crippen molar-refractivity contribution in [3.8, 4) is 10.7 Å². The maximum Gasteiger partial charge on any atom is 0.248 e. The van der Waals surface area contributed by atoms with Crippen molar-refractivity contribution in [3.05, 3.63) is 58.8 Å². The highest BCUT2D eigenvalue weighted by atomic mass is 32.1. The fraction of sp³-hybridized carbons (Fsp3) is 0.118. The molecule has 3 rings (SSSR count). The third kappa shape index (κ3) is 3.73. The number of hydrogen-bond donors (Lipinski definition) is 1. The third-order valence-corrected chi connectivity index (χ3v) is 4.20. The first kappa shape index (κ1) is 15.2. The summed E-state index contributed by atoms with van der Waals surface area (Å²) in [5.74, 6) is 0.879. The van der Waals surface area contributed by atoms with Crippen molar-refractivity contribution in [1.29, 1.82) is 0 Å². The van der Waals surface area contributed by atoms with Gasteiger partial charge >= 0.3 is 0 Å². The smallest absolute Gasteiger partial charge is 0.248 e. The number of amides is 1. The summed E-state index contributed by atoms with van der Waals surface area (Å²) in [6, 6.07) is 11.5. The number of rotatable bonds is 4. The average molecular weight is 325 g/mol. The van der Waals surface area contributed by atoms with Gasteiger partial charge in [0.25, 0.3) is 0 Å². The molecule has 6 heteroatoms. The molecule has 0 fully saturated rings. The lowest BCUT2D eigenvalue weighted by atomic mass is 10.2. The molecule has 0 unspecified atom stereocenters. The summed E-state index contributed by atoms with van der Waals surface area (Å²) in [5, 5.41) is 6.77. The van der Waals surface area contributed by atoms with Crippen LogP contribution in [0.4, 0.5) is 5.69 Å². The lowest BCUT2D eigenvalue weighted by Gasteiger charge is -1.99. The molecule has 0 bridgehead atoms. The Bertz CT molecular complexity index is 850. The minimum Gasteiger partial charge on any atom is -0.339 e. The highest BCUT2D eigenvalue weighted by molar-refractivity contribution is 7.16. The normalized spacial score (nSPS) is 11.0. The number of carbonyl (C=O) groups excluding carboxylic acids is 1. The van der Waals surface area contributed by atoms with Crippen LogP contribution in [0.2, 0.25) is 0 Å². The SMILES string of the molecule is Cc1nc(-c2cc(NC(=O)C=Cc3ccccc3)c(C)s2)no1. The van der Waals surface area contributed by atoms with Crippen molar-refractivity contribution in [2.45, 2.75) is 13.8 Å². The van der Waals surface area contributed by atoms with Gasteiger partial charge in [0.05, 0.1) is 10.6 Å². The van der Waals surface area contributed by atoms with Gasteiger partial charge in [0.1, 0.15) is 0 Å². The van der Waals surface area contributed by atoms with E-state index in [1.165, 1.54) is 17.4 Å². The molecule has 2 aromatic heterocycles. The van der Waals surface area contributed by atoms with Crippen LogP contribution in [-0.2, 0) is 4.79 Å². The summed E-state index contributed by atoms with van der Waals surface area (Å²) in [6.07, 6.45) is 3.30. The lowest BCUT2D eigenvalue weighted by Crippen LogP contribution is -2.07. The molecule has 0 spiro atoms. The first-order valence-electron chi connectivity index (χ1n) is 7.07. The van der Waals surface area contributed by atoms with E-state index >= 15 is 0 Å². The molecule has 0 saturated carbocycles. The number of benzene rings is 1. The number of aryl methyl sites for hydroxylation is 2. The molecule has 1 amide bonds. The van der Waals surface area contributed by atoms with E-state index in [0.29, 0.717) is 11.7 Å². The van der Waals surface area contributed by atoms with Gasteiger partial charge in [-0.15, -0.1) is 11.3 Å². The molecule has 3 aromatic rings. The zero-order valence-corrected chi connectivity index (χ0v) is 13.6. The van der Waals surface area contributed by atoms with Crippen LogP contribution in [0.3, 0.4) is 0 Å². The van der Waals surface area contributed by atoms with Crippen molar-refractivity contribution in [1.82, 2.24) is 10.1 Å². The molecular formula is C17H15N3O2S. The van der Waals surface area contributed by atoms with Crippen LogP contribution in [-0.4, -0.2) is 16.0 Å². The Morgan fingerprint density at radius 2 is 2.04 bits per heavy atom. The molecule has 0 aliphatic carbocycles. The molecule has 1 N–H and O–H groups in total. The van der Waals surface area contributed by atoms with Gasteiger partial charge in [0.2, 0.25) is 17.6 Å². The van der Waals surface area contributed by atoms with E-state index in [0.717, 1.165) is 21.0 Å². The second-order valence-corrected chi connectivity index (χ2v) is 6.21. The first-order valence-corrected chi connectivity index (χ1v) is 7.89. The van der Waals surface area contributed by atoms with Gasteiger partial charge in [-0.1, -0.05) is 35.5 Å². The molecule has 23 heavy (non-hydrogen) atoms. The molecular weight excluding hydrogens is 310 g/mol. The van der Waals surface area contributed by atoms with Crippen LogP contribution in [0.5, 0.6) is 0 Å². The van der Waals surface area contributed by atoms with E-state index < -0.39 is 0 Å². The van der Waals surface area contributed by atoms with Crippen LogP contribution >= 0.6 is 11.3 Å². The zero-order valence-electron chi connectivity index (χ0n) is 12.7. The molecule has 0 radical (unpaired) electrons. The van der Waals surface area contributed by atoms with Crippen molar-refractivity contribution in [2.75, 3.05) is 5.32 Å². The van der Waals surface area contributed by atoms with Gasteiger partial charge in [0, 0.05) is 17.9 Å². The second kappa shape index (κ2) is 6.58. The minimum atomic E-state index is -0.175. The second-order valence-electron chi connectivity index (χ2n) is 4.95. The van der Waals surface area contributed by atoms with E-state index in [9.17, 15) is 4.79 Å². The monoisotopic (exact) mass is 325 g/mol. The Labute approximate surface area is 137 Å². The number of nitrogens with one attached hydrogen (secondary N) is 1. The van der Waals surface area contributed by atoms with E-state index in [1.54, 1.807) is 13.0 Å². The number of hydrogen-bond acceptors (Lipinski definition) is 5. The topological polar surface area (TPSA) is 68.0 Å². The van der Waals surface area contributed by atoms with E-state index in [-0.39, 0.29) is 5.91 Å². The summed E-state index contributed by atoms with van der Waals surface area (Å²) in [7, 11) is 0. The summed E-state index contributed by atoms with van der Waals surface area (Å²) in [5.41, 5.74) is 1.74. The largest absolute Gasteiger partial charge is 0.339 e. The molecule has 0 atom stereocenters. The van der Waals surface area contributed by atoms with Crippen LogP contribution in [0.1, 0.15) is 16.3 Å². The van der Waals surface area contributed by atoms with Gasteiger partial charge in [-0.25, -0.2) is 0 Å². The molecule has 116 valence electrons. The average Bonchev–Trinajstić information content (AvgIpc) is 3.13. The number of thiophene rings is 1. The Morgan fingerprint density at radius 3 is 2.74 bits per heavy atom. The molecule has 2 heterocycles. The van der Waals surface area contributed by atoms with Crippen LogP contribution in [0, 0.1) is 13.8 Å². The molecule has 0 aliphatic rings. The maximum absolute atomic E-state index is 12.0. The standard InChI is InChI=1S/C17H15N3O2S/c1-11-14(10-15(23-11)17-18-12(2)22-20-17)19-16(21)9-8-13-6-4-3-5-7-13/h3-10H,1-2H3,(H,19,21). The number of aromatic nitrogens is 2. The molecule has 5 nitrogen and oxygen atoms in total. The first-order chi connectivity index (χ1) is 11.1. The minimum absolute atomic E-state index is 0.175. The van der Waals surface area contributed by atoms with Crippen molar-refractivity contribution in [2.24, 2.45) is 0 Å². The predicted molar refractivity (Wildman–Crippen MR) is 91.2 cm³/mol. The quantitative estimate of drug-likeness (QED) is 0.734. The maximum atomic E-state index is 12.0. The van der Waals surface area contributed by atoms with Crippen molar-refractivity contribution < 1.29 is 9.32 Å². The Hall–Kier alpha value is -2.73. The summed E-state index contributed by atoms with van der Waals surface area (Å²) in [4.78, 5) is 18.1. The van der Waals surface area contributed by atoms with Crippen LogP contribution in [0.25, 0.3) is 16.8 Å². The van der Waals surface area contributed by atoms with Gasteiger partial charge in [-0.05, 0) is 24.6 Å². The van der Waals surface area contributed by atoms with E-state index in [4.69, 9.17) is 4.52 Å². The zero-order chi connectivity index (χ0) is 16.2. The number of anilines is 1. The molecule has 0 aliphatic heterocycles. The van der Waals surface area contributed by atoms with Crippen LogP contribution < -0.4 is 5.32 Å². The molecule has 1 aromatic carbocycles. The number of nitrogens with zero attached hydrogens (tertiary/aromatic N) is 2. The highest BCUT2D eigenvalue weighted by Gasteiger charge is 2.13. The third-order valence-electron chi connectivity index (χ3n) is 3.15. The van der Waals surface area contributed by atoms with Gasteiger partial charge in [-0.2, -0.15) is 4.98 Å². The Balaban J connectivity index is 1.72. The Kier molecular flexibility index (Phi) is 4.34. The summed E-state index contributed by atoms with van der Waals surface area (Å²) >= 11 is 1.51. The Morgan fingerprint density at radius 1 is 1.26 bits per heavy atom. The predicted octanol–water partition coefficient (Wildman–Crippen LogP) is 4.07. The fourth-order valence-electron chi connectivity index (χ4n) is 2.03. The lowest BCUT2D eigenvalue weighted by molar-refractivity contribution is -0.111. The number of carbonyl (C=O) groups is 1. The van der Waals surface area contributed by atoms with Gasteiger partial charge < -0.3 is 9.84 Å². The van der Waals surface area contributed by atoms with Gasteiger partial charge in [0.15, 0.2) is 0 Å². The van der Waals surface area contributed by atoms with Crippen molar-refractivity contribution >= 4 is 29.0 Å². The highest BCUT2D eigenvalue weighted by Crippen LogP contribution is 2.32. The van der Waals surface area contributed by atoms with Gasteiger partial charge in [-0.3, -0.25) is 4.79 Å². The van der Waals surface area contributed by atoms with Crippen molar-refractivity contribution in [3.63, 3.8) is 0 Å². The summed E-state index contributed by atoms with van der Waals surface area (Å²) in [6.45, 7) is 3.69. The van der Waals surface area contributed by atoms with Crippen LogP contribution in [0.15, 0.2) is 47.0 Å². The fourth-order valence-corrected chi connectivity index (χ4v) is 2.93.